The van der Waals surface area contributed by atoms with Crippen LogP contribution < -0.4 is 98.7 Å². The molecule has 28 heteroatoms. The zero-order valence-electron chi connectivity index (χ0n) is 28.9. The summed E-state index contributed by atoms with van der Waals surface area (Å²) in [5, 5.41) is 34.4. The Hall–Kier alpha value is 0.890. The van der Waals surface area contributed by atoms with E-state index in [2.05, 4.69) is 13.7 Å². The Kier molecular flexibility index (Phi) is 19.7. The molecule has 0 aromatic heterocycles. The number of aliphatic hydroxyl groups excluding tert-OH is 3. The number of likely N-dealkylation sites (tertiary alicyclic amines) is 1. The van der Waals surface area contributed by atoms with Crippen LogP contribution in [0.2, 0.25) is 0 Å². The fourth-order valence-electron chi connectivity index (χ4n) is 6.44. The van der Waals surface area contributed by atoms with E-state index < -0.39 is 116 Å². The van der Waals surface area contributed by atoms with Crippen LogP contribution in [0.15, 0.2) is 11.8 Å². The van der Waals surface area contributed by atoms with E-state index in [1.54, 1.807) is 32.6 Å². The molecule has 0 unspecified atom stereocenters. The summed E-state index contributed by atoms with van der Waals surface area (Å²) in [5.41, 5.74) is -1.50. The fraction of sp³-hybridized carbons (Fsp3) is 0.826. The Morgan fingerprint density at radius 1 is 0.941 bits per heavy atom. The van der Waals surface area contributed by atoms with Crippen molar-refractivity contribution in [2.45, 2.75) is 114 Å². The van der Waals surface area contributed by atoms with E-state index in [0.29, 0.717) is 6.08 Å². The maximum Gasteiger partial charge on any atom is 1.00 e. The van der Waals surface area contributed by atoms with Gasteiger partial charge < -0.3 is 53.4 Å². The van der Waals surface area contributed by atoms with Crippen LogP contribution in [-0.2, 0) is 63.3 Å². The number of ether oxygens (including phenoxy) is 3. The van der Waals surface area contributed by atoms with Crippen LogP contribution in [0.1, 0.15) is 47.5 Å². The molecule has 3 heterocycles. The van der Waals surface area contributed by atoms with Crippen LogP contribution in [0, 0.1) is 0 Å². The van der Waals surface area contributed by atoms with Crippen molar-refractivity contribution in [3.63, 3.8) is 0 Å². The van der Waals surface area contributed by atoms with Gasteiger partial charge in [-0.25, -0.2) is 30.0 Å². The van der Waals surface area contributed by atoms with Gasteiger partial charge in [-0.15, -0.1) is 0 Å². The van der Waals surface area contributed by atoms with Gasteiger partial charge in [-0.05, 0) is 46.6 Å². The first-order chi connectivity index (χ1) is 21.6. The standard InChI is InChI=1S/C23H39N3O19S3.3Na/c1-10(27)26-22(2,3)7-11(8-23(26,4)5)24-19(30)13-6-12(28)17(45-48(38,39)40)21(43-13)44-18-14(9-41-47(35,36)37)42-20(31)15(16(18)29)25-46(32,33)34;;;/h6,11-12,14-18,20-21,25,28-29,31H,7-9H2,1-5H3,(H,24,30)(H,32,33,34)(H,35,36,37)(H,38,39,40);;;/q;3*+1/p-3/t12-,14+,15+,16+,17+,18+,20-,21-;;;/m0.../s1. The molecule has 8 atom stereocenters. The molecule has 0 saturated carbocycles. The summed E-state index contributed by atoms with van der Waals surface area (Å²) in [4.78, 5) is 27.4. The van der Waals surface area contributed by atoms with Crippen LogP contribution in [-0.4, -0.2) is 144 Å². The second-order valence-electron chi connectivity index (χ2n) is 12.5. The van der Waals surface area contributed by atoms with Gasteiger partial charge in [0.1, 0.15) is 30.5 Å². The van der Waals surface area contributed by atoms with Crippen LogP contribution in [0.3, 0.4) is 0 Å². The second-order valence-corrected chi connectivity index (χ2v) is 15.7. The third-order valence-electron chi connectivity index (χ3n) is 7.62. The SMILES string of the molecule is CC(=O)N1C(C)(C)CC(NC(=O)C2=C[C@H](O)[C@@H](OS(=O)(=O)[O-])[C@H](O[C@H]3[C@H](O)[C@@H](NS(=O)(=O)[O-])[C@@H](O)O[C@@H]3COS(=O)(=O)[O-])O2)CC1(C)C.[Na+].[Na+].[Na+]. The maximum atomic E-state index is 13.4. The minimum absolute atomic E-state index is 0. The number of carbonyl (C=O) groups is 2. The number of piperidine rings is 1. The molecule has 0 bridgehead atoms. The number of carbonyl (C=O) groups excluding carboxylic acids is 2. The topological polar surface area (TPSA) is 340 Å². The van der Waals surface area contributed by atoms with Gasteiger partial charge >= 0.3 is 88.7 Å². The van der Waals surface area contributed by atoms with Gasteiger partial charge in [0.15, 0.2) is 28.5 Å². The second kappa shape index (κ2) is 19.4. The van der Waals surface area contributed by atoms with Crippen molar-refractivity contribution in [3.05, 3.63) is 11.8 Å². The molecule has 278 valence electrons. The largest absolute Gasteiger partial charge is 1.00 e. The molecule has 0 aromatic rings. The van der Waals surface area contributed by atoms with Gasteiger partial charge in [-0.1, -0.05) is 0 Å². The van der Waals surface area contributed by atoms with Gasteiger partial charge in [-0.2, -0.15) is 0 Å². The first-order valence-corrected chi connectivity index (χ1v) is 18.0. The minimum atomic E-state index is -5.67. The summed E-state index contributed by atoms with van der Waals surface area (Å²) >= 11 is 0. The molecule has 3 aliphatic rings. The number of nitrogens with zero attached hydrogens (tertiary/aromatic N) is 1. The molecule has 3 aliphatic heterocycles. The van der Waals surface area contributed by atoms with Crippen molar-refractivity contribution in [1.82, 2.24) is 14.9 Å². The number of hydrogen-bond acceptors (Lipinski definition) is 19. The Morgan fingerprint density at radius 3 is 1.92 bits per heavy atom. The smallest absolute Gasteiger partial charge is 0.735 e. The number of amides is 2. The predicted octanol–water partition coefficient (Wildman–Crippen LogP) is -13.5. The number of nitrogens with one attached hydrogen (secondary N) is 2. The Morgan fingerprint density at radius 2 is 1.47 bits per heavy atom. The van der Waals surface area contributed by atoms with E-state index >= 15 is 0 Å². The molecule has 5 N–H and O–H groups in total. The summed E-state index contributed by atoms with van der Waals surface area (Å²) in [5.74, 6) is -1.98. The summed E-state index contributed by atoms with van der Waals surface area (Å²) in [6.07, 6.45) is -14.9. The molecule has 0 aliphatic carbocycles. The number of rotatable bonds is 11. The molecule has 0 radical (unpaired) electrons. The van der Waals surface area contributed by atoms with E-state index in [9.17, 15) is 63.8 Å². The van der Waals surface area contributed by atoms with E-state index in [0.717, 1.165) is 0 Å². The number of aliphatic hydroxyl groups is 3. The fourth-order valence-corrected chi connectivity index (χ4v) is 7.81. The van der Waals surface area contributed by atoms with Crippen LogP contribution >= 0.6 is 0 Å². The third kappa shape index (κ3) is 14.7. The van der Waals surface area contributed by atoms with Crippen LogP contribution in [0.5, 0.6) is 0 Å². The molecular formula is C23H36N3Na3O19S3. The van der Waals surface area contributed by atoms with Gasteiger partial charge in [0, 0.05) is 24.0 Å². The van der Waals surface area contributed by atoms with Gasteiger partial charge in [0.05, 0.1) is 6.61 Å². The van der Waals surface area contributed by atoms with E-state index in [4.69, 9.17) is 14.2 Å². The third-order valence-corrected chi connectivity index (χ3v) is 9.06. The molecule has 0 aromatic carbocycles. The van der Waals surface area contributed by atoms with E-state index in [1.165, 1.54) is 11.6 Å². The molecular weight excluding hydrogens is 787 g/mol. The first kappa shape index (κ1) is 51.9. The molecule has 51 heavy (non-hydrogen) atoms. The van der Waals surface area contributed by atoms with Crippen molar-refractivity contribution < 1.29 is 175 Å². The van der Waals surface area contributed by atoms with Crippen LogP contribution in [0.4, 0.5) is 0 Å². The molecule has 2 amide bonds. The maximum absolute atomic E-state index is 13.4. The predicted molar refractivity (Wildman–Crippen MR) is 149 cm³/mol. The van der Waals surface area contributed by atoms with Crippen LogP contribution in [0.25, 0.3) is 0 Å². The first-order valence-electron chi connectivity index (χ1n) is 13.9. The summed E-state index contributed by atoms with van der Waals surface area (Å²) in [6, 6.07) is -2.86. The van der Waals surface area contributed by atoms with Crippen molar-refractivity contribution >= 4 is 42.9 Å². The number of hydrogen-bond donors (Lipinski definition) is 5. The van der Waals surface area contributed by atoms with Gasteiger partial charge in [0.25, 0.3) is 5.91 Å². The zero-order valence-corrected chi connectivity index (χ0v) is 37.4. The molecule has 22 nitrogen and oxygen atoms in total. The van der Waals surface area contributed by atoms with Crippen molar-refractivity contribution in [2.75, 3.05) is 6.61 Å². The van der Waals surface area contributed by atoms with Gasteiger partial charge in [0.2, 0.25) is 33.0 Å². The van der Waals surface area contributed by atoms with E-state index in [-0.39, 0.29) is 107 Å². The monoisotopic (exact) mass is 823 g/mol. The minimum Gasteiger partial charge on any atom is -0.735 e. The Bertz CT molecular complexity index is 1580. The zero-order chi connectivity index (χ0) is 36.8. The molecule has 3 rings (SSSR count). The molecule has 2 fully saturated rings. The Balaban J connectivity index is 0.00000833. The van der Waals surface area contributed by atoms with E-state index in [1.807, 2.05) is 0 Å². The molecule has 0 spiro atoms. The average molecular weight is 824 g/mol. The van der Waals surface area contributed by atoms with Crippen molar-refractivity contribution in [2.24, 2.45) is 0 Å². The summed E-state index contributed by atoms with van der Waals surface area (Å²) in [6.45, 7) is 7.16. The summed E-state index contributed by atoms with van der Waals surface area (Å²) in [7, 11) is -16.6. The summed E-state index contributed by atoms with van der Waals surface area (Å²) < 4.78 is 127. The normalized spacial score (nSPS) is 31.0. The van der Waals surface area contributed by atoms with Crippen molar-refractivity contribution in [3.8, 4) is 0 Å². The quantitative estimate of drug-likeness (QED) is 0.0734. The van der Waals surface area contributed by atoms with Gasteiger partial charge in [-0.3, -0.25) is 18.0 Å². The molecule has 2 saturated heterocycles. The van der Waals surface area contributed by atoms with Crippen molar-refractivity contribution in [1.29, 1.82) is 0 Å². The average Bonchev–Trinajstić information content (AvgIpc) is 2.85. The Labute approximate surface area is 361 Å².